The van der Waals surface area contributed by atoms with Crippen LogP contribution in [-0.2, 0) is 10.0 Å². The van der Waals surface area contributed by atoms with Gasteiger partial charge < -0.3 is 9.47 Å². The molecule has 6 nitrogen and oxygen atoms in total. The van der Waals surface area contributed by atoms with E-state index in [1.807, 2.05) is 24.3 Å². The van der Waals surface area contributed by atoms with Crippen molar-refractivity contribution in [2.75, 3.05) is 33.9 Å². The predicted molar refractivity (Wildman–Crippen MR) is 109 cm³/mol. The molecule has 28 heavy (non-hydrogen) atoms. The standard InChI is InChI=1S/C21H28N2O4S/c1-26-18-12-10-17(11-13-18)19(23-14-6-3-7-15-23)16-22-28(24,25)21-9-5-4-8-20(21)27-2/h4-5,8-13,19,22H,3,6-7,14-16H2,1-2H3. The molecule has 7 heteroatoms. The lowest BCUT2D eigenvalue weighted by Gasteiger charge is -2.35. The van der Waals surface area contributed by atoms with Crippen molar-refractivity contribution in [3.05, 3.63) is 54.1 Å². The number of nitrogens with zero attached hydrogens (tertiary/aromatic N) is 1. The van der Waals surface area contributed by atoms with Crippen LogP contribution in [0, 0.1) is 0 Å². The van der Waals surface area contributed by atoms with Crippen molar-refractivity contribution in [3.63, 3.8) is 0 Å². The van der Waals surface area contributed by atoms with E-state index >= 15 is 0 Å². The first-order chi connectivity index (χ1) is 13.5. The minimum Gasteiger partial charge on any atom is -0.497 e. The number of hydrogen-bond acceptors (Lipinski definition) is 5. The summed E-state index contributed by atoms with van der Waals surface area (Å²) in [5.74, 6) is 1.13. The van der Waals surface area contributed by atoms with Gasteiger partial charge in [0.05, 0.1) is 14.2 Å². The van der Waals surface area contributed by atoms with Gasteiger partial charge in [0.15, 0.2) is 0 Å². The van der Waals surface area contributed by atoms with E-state index in [2.05, 4.69) is 9.62 Å². The fourth-order valence-electron chi connectivity index (χ4n) is 3.62. The molecule has 0 aliphatic carbocycles. The first-order valence-corrected chi connectivity index (χ1v) is 11.0. The molecule has 2 aromatic rings. The van der Waals surface area contributed by atoms with Crippen molar-refractivity contribution in [1.29, 1.82) is 0 Å². The minimum absolute atomic E-state index is 0.0318. The Morgan fingerprint density at radius 2 is 1.64 bits per heavy atom. The number of methoxy groups -OCH3 is 2. The summed E-state index contributed by atoms with van der Waals surface area (Å²) in [4.78, 5) is 2.51. The lowest BCUT2D eigenvalue weighted by molar-refractivity contribution is 0.164. The molecule has 1 atom stereocenters. The molecule has 1 aliphatic rings. The van der Waals surface area contributed by atoms with E-state index in [0.717, 1.165) is 37.2 Å². The Balaban J connectivity index is 1.82. The highest BCUT2D eigenvalue weighted by Crippen LogP contribution is 2.27. The lowest BCUT2D eigenvalue weighted by Crippen LogP contribution is -2.40. The van der Waals surface area contributed by atoms with E-state index in [1.54, 1.807) is 31.4 Å². The zero-order valence-electron chi connectivity index (χ0n) is 16.4. The molecule has 1 unspecified atom stereocenters. The third-order valence-corrected chi connectivity index (χ3v) is 6.62. The van der Waals surface area contributed by atoms with E-state index in [1.165, 1.54) is 13.5 Å². The molecule has 1 aliphatic heterocycles. The van der Waals surface area contributed by atoms with Gasteiger partial charge in [-0.1, -0.05) is 30.7 Å². The molecule has 1 fully saturated rings. The first-order valence-electron chi connectivity index (χ1n) is 9.56. The smallest absolute Gasteiger partial charge is 0.244 e. The second-order valence-electron chi connectivity index (χ2n) is 6.89. The maximum Gasteiger partial charge on any atom is 0.244 e. The van der Waals surface area contributed by atoms with Crippen molar-refractivity contribution in [2.24, 2.45) is 0 Å². The molecule has 0 amide bonds. The van der Waals surface area contributed by atoms with Crippen LogP contribution in [0.15, 0.2) is 53.4 Å². The Hall–Kier alpha value is -2.09. The van der Waals surface area contributed by atoms with Crippen molar-refractivity contribution in [3.8, 4) is 11.5 Å². The second-order valence-corrected chi connectivity index (χ2v) is 8.62. The summed E-state index contributed by atoms with van der Waals surface area (Å²) < 4.78 is 39.1. The zero-order valence-corrected chi connectivity index (χ0v) is 17.2. The van der Waals surface area contributed by atoms with E-state index in [0.29, 0.717) is 12.3 Å². The van der Waals surface area contributed by atoms with Crippen LogP contribution in [0.5, 0.6) is 11.5 Å². The zero-order chi connectivity index (χ0) is 20.0. The topological polar surface area (TPSA) is 67.9 Å². The van der Waals surface area contributed by atoms with Crippen molar-refractivity contribution in [2.45, 2.75) is 30.2 Å². The van der Waals surface area contributed by atoms with Gasteiger partial charge >= 0.3 is 0 Å². The maximum absolute atomic E-state index is 12.9. The molecule has 1 saturated heterocycles. The lowest BCUT2D eigenvalue weighted by atomic mass is 10.0. The van der Waals surface area contributed by atoms with Crippen molar-refractivity contribution >= 4 is 10.0 Å². The molecule has 0 spiro atoms. The van der Waals surface area contributed by atoms with Gasteiger partial charge in [0.25, 0.3) is 0 Å². The van der Waals surface area contributed by atoms with Gasteiger partial charge in [-0.05, 0) is 55.8 Å². The van der Waals surface area contributed by atoms with Crippen molar-refractivity contribution < 1.29 is 17.9 Å². The number of para-hydroxylation sites is 1. The van der Waals surface area contributed by atoms with Gasteiger partial charge in [0, 0.05) is 12.6 Å². The fourth-order valence-corrected chi connectivity index (χ4v) is 4.83. The van der Waals surface area contributed by atoms with Crippen LogP contribution < -0.4 is 14.2 Å². The third kappa shape index (κ3) is 4.84. The summed E-state index contributed by atoms with van der Waals surface area (Å²) in [6.45, 7) is 2.23. The maximum atomic E-state index is 12.9. The van der Waals surface area contributed by atoms with Crippen molar-refractivity contribution in [1.82, 2.24) is 9.62 Å². The molecule has 1 heterocycles. The average Bonchev–Trinajstić information content (AvgIpc) is 2.75. The minimum atomic E-state index is -3.68. The largest absolute Gasteiger partial charge is 0.497 e. The fraction of sp³-hybridized carbons (Fsp3) is 0.429. The molecule has 0 aromatic heterocycles. The molecule has 1 N–H and O–H groups in total. The van der Waals surface area contributed by atoms with Gasteiger partial charge in [-0.25, -0.2) is 13.1 Å². The van der Waals surface area contributed by atoms with Crippen LogP contribution >= 0.6 is 0 Å². The number of hydrogen-bond donors (Lipinski definition) is 1. The van der Waals surface area contributed by atoms with E-state index in [9.17, 15) is 8.42 Å². The molecular weight excluding hydrogens is 376 g/mol. The van der Waals surface area contributed by atoms with E-state index in [4.69, 9.17) is 9.47 Å². The Kier molecular flexibility index (Phi) is 6.93. The Bertz CT molecular complexity index is 862. The average molecular weight is 405 g/mol. The molecule has 2 aromatic carbocycles. The summed E-state index contributed by atoms with van der Waals surface area (Å²) >= 11 is 0. The summed E-state index contributed by atoms with van der Waals surface area (Å²) in [5.41, 5.74) is 1.07. The van der Waals surface area contributed by atoms with Gasteiger partial charge in [0.1, 0.15) is 16.4 Å². The number of benzene rings is 2. The van der Waals surface area contributed by atoms with Crippen LogP contribution in [0.25, 0.3) is 0 Å². The highest BCUT2D eigenvalue weighted by Gasteiger charge is 2.26. The summed E-state index contributed by atoms with van der Waals surface area (Å²) in [6, 6.07) is 14.5. The van der Waals surface area contributed by atoms with Crippen LogP contribution in [-0.4, -0.2) is 47.2 Å². The predicted octanol–water partition coefficient (Wildman–Crippen LogP) is 3.21. The van der Waals surface area contributed by atoms with Gasteiger partial charge in [-0.2, -0.15) is 0 Å². The Morgan fingerprint density at radius 3 is 2.29 bits per heavy atom. The normalized spacial score (nSPS) is 16.5. The second kappa shape index (κ2) is 9.41. The van der Waals surface area contributed by atoms with Crippen LogP contribution in [0.2, 0.25) is 0 Å². The number of nitrogens with one attached hydrogen (secondary N) is 1. The van der Waals surface area contributed by atoms with E-state index in [-0.39, 0.29) is 10.9 Å². The van der Waals surface area contributed by atoms with Gasteiger partial charge in [-0.3, -0.25) is 4.90 Å². The van der Waals surface area contributed by atoms with Gasteiger partial charge in [-0.15, -0.1) is 0 Å². The number of likely N-dealkylation sites (tertiary alicyclic amines) is 1. The number of piperidine rings is 1. The van der Waals surface area contributed by atoms with E-state index < -0.39 is 10.0 Å². The number of rotatable bonds is 8. The van der Waals surface area contributed by atoms with Crippen LogP contribution in [0.4, 0.5) is 0 Å². The summed E-state index contributed by atoms with van der Waals surface area (Å²) in [5, 5.41) is 0. The molecule has 0 saturated carbocycles. The monoisotopic (exact) mass is 404 g/mol. The molecule has 0 bridgehead atoms. The quantitative estimate of drug-likeness (QED) is 0.732. The Labute approximate surface area is 167 Å². The van der Waals surface area contributed by atoms with Crippen LogP contribution in [0.1, 0.15) is 30.9 Å². The van der Waals surface area contributed by atoms with Crippen LogP contribution in [0.3, 0.4) is 0 Å². The summed E-state index contributed by atoms with van der Waals surface area (Å²) in [6.07, 6.45) is 3.48. The molecule has 152 valence electrons. The molecular formula is C21H28N2O4S. The Morgan fingerprint density at radius 1 is 0.964 bits per heavy atom. The highest BCUT2D eigenvalue weighted by atomic mass is 32.2. The summed E-state index contributed by atoms with van der Waals surface area (Å²) in [7, 11) is -0.572. The molecule has 0 radical (unpaired) electrons. The molecule has 3 rings (SSSR count). The number of ether oxygens (including phenoxy) is 2. The third-order valence-electron chi connectivity index (χ3n) is 5.16. The highest BCUT2D eigenvalue weighted by molar-refractivity contribution is 7.89. The number of sulfonamides is 1. The SMILES string of the molecule is COc1ccc(C(CNS(=O)(=O)c2ccccc2OC)N2CCCCC2)cc1. The first kappa shape index (κ1) is 20.6. The van der Waals surface area contributed by atoms with Gasteiger partial charge in [0.2, 0.25) is 10.0 Å².